The second-order valence-corrected chi connectivity index (χ2v) is 5.92. The van der Waals surface area contributed by atoms with E-state index in [0.717, 1.165) is 16.7 Å². The summed E-state index contributed by atoms with van der Waals surface area (Å²) in [5.74, 6) is 0. The molecule has 0 spiro atoms. The molecule has 1 unspecified atom stereocenters. The number of aromatic nitrogens is 2. The number of aryl methyl sites for hydroxylation is 1. The zero-order chi connectivity index (χ0) is 18.5. The van der Waals surface area contributed by atoms with Crippen molar-refractivity contribution in [3.8, 4) is 11.3 Å². The predicted octanol–water partition coefficient (Wildman–Crippen LogP) is 4.06. The van der Waals surface area contributed by atoms with E-state index in [-0.39, 0.29) is 11.7 Å². The number of carbonyl (C=O) groups is 1. The van der Waals surface area contributed by atoms with Crippen LogP contribution in [0, 0.1) is 6.92 Å². The third kappa shape index (κ3) is 4.16. The van der Waals surface area contributed by atoms with E-state index in [4.69, 9.17) is 4.74 Å². The molecule has 132 valence electrons. The van der Waals surface area contributed by atoms with E-state index in [2.05, 4.69) is 15.5 Å². The van der Waals surface area contributed by atoms with E-state index in [1.54, 1.807) is 12.1 Å². The summed E-state index contributed by atoms with van der Waals surface area (Å²) >= 11 is 0. The second kappa shape index (κ2) is 7.65. The monoisotopic (exact) mass is 349 g/mol. The zero-order valence-electron chi connectivity index (χ0n) is 14.5. The third-order valence-corrected chi connectivity index (χ3v) is 3.96. The van der Waals surface area contributed by atoms with Gasteiger partial charge in [-0.3, -0.25) is 10.1 Å². The lowest BCUT2D eigenvalue weighted by atomic mass is 10.1. The molecule has 0 aliphatic carbocycles. The third-order valence-electron chi connectivity index (χ3n) is 3.96. The number of anilines is 1. The Hall–Kier alpha value is -3.41. The first-order chi connectivity index (χ1) is 12.5. The standard InChI is InChI=1S/C20H19N3O3/c1-13-12-18(24)22-23-19(13)16-8-10-17(11-9-16)21-20(25)26-14(2)15-6-4-3-5-7-15/h3-12,14H,1-2H3,(H,21,25)(H,22,24). The van der Waals surface area contributed by atoms with Crippen LogP contribution in [0.2, 0.25) is 0 Å². The number of hydrogen-bond acceptors (Lipinski definition) is 4. The molecular weight excluding hydrogens is 330 g/mol. The number of benzene rings is 2. The van der Waals surface area contributed by atoms with Gasteiger partial charge in [-0.05, 0) is 37.1 Å². The maximum absolute atomic E-state index is 12.1. The minimum atomic E-state index is -0.521. The summed E-state index contributed by atoms with van der Waals surface area (Å²) in [6.07, 6.45) is -0.865. The molecule has 0 radical (unpaired) electrons. The van der Waals surface area contributed by atoms with Crippen molar-refractivity contribution in [3.63, 3.8) is 0 Å². The summed E-state index contributed by atoms with van der Waals surface area (Å²) in [6.45, 7) is 3.65. The number of amides is 1. The number of H-pyrrole nitrogens is 1. The summed E-state index contributed by atoms with van der Waals surface area (Å²) in [5, 5.41) is 9.20. The van der Waals surface area contributed by atoms with Gasteiger partial charge < -0.3 is 4.74 Å². The van der Waals surface area contributed by atoms with Crippen molar-refractivity contribution in [2.24, 2.45) is 0 Å². The number of rotatable bonds is 4. The van der Waals surface area contributed by atoms with Gasteiger partial charge in [0.1, 0.15) is 6.10 Å². The maximum Gasteiger partial charge on any atom is 0.412 e. The minimum Gasteiger partial charge on any atom is -0.441 e. The van der Waals surface area contributed by atoms with E-state index >= 15 is 0 Å². The number of nitrogens with one attached hydrogen (secondary N) is 2. The van der Waals surface area contributed by atoms with Crippen molar-refractivity contribution in [2.75, 3.05) is 5.32 Å². The van der Waals surface area contributed by atoms with Gasteiger partial charge in [0, 0.05) is 17.3 Å². The highest BCUT2D eigenvalue weighted by Crippen LogP contribution is 2.22. The Balaban J connectivity index is 1.65. The molecular formula is C20H19N3O3. The molecule has 0 aliphatic heterocycles. The van der Waals surface area contributed by atoms with Crippen LogP contribution in [0.15, 0.2) is 65.5 Å². The summed E-state index contributed by atoms with van der Waals surface area (Å²) in [4.78, 5) is 23.3. The van der Waals surface area contributed by atoms with Gasteiger partial charge in [-0.25, -0.2) is 9.89 Å². The Kier molecular flexibility index (Phi) is 5.12. The average Bonchev–Trinajstić information content (AvgIpc) is 2.63. The Bertz CT molecular complexity index is 950. The van der Waals surface area contributed by atoms with Crippen molar-refractivity contribution in [1.82, 2.24) is 10.2 Å². The smallest absolute Gasteiger partial charge is 0.412 e. The molecule has 1 aromatic heterocycles. The first kappa shape index (κ1) is 17.4. The normalized spacial score (nSPS) is 11.6. The first-order valence-electron chi connectivity index (χ1n) is 8.22. The molecule has 0 saturated heterocycles. The molecule has 2 N–H and O–H groups in total. The molecule has 2 aromatic carbocycles. The molecule has 26 heavy (non-hydrogen) atoms. The van der Waals surface area contributed by atoms with Crippen LogP contribution in [-0.2, 0) is 4.74 Å². The molecule has 0 aliphatic rings. The van der Waals surface area contributed by atoms with Crippen LogP contribution in [0.5, 0.6) is 0 Å². The zero-order valence-corrected chi connectivity index (χ0v) is 14.5. The molecule has 6 nitrogen and oxygen atoms in total. The van der Waals surface area contributed by atoms with Crippen molar-refractivity contribution in [2.45, 2.75) is 20.0 Å². The Labute approximate surface area is 150 Å². The Morgan fingerprint density at radius 2 is 1.81 bits per heavy atom. The first-order valence-corrected chi connectivity index (χ1v) is 8.22. The van der Waals surface area contributed by atoms with Gasteiger partial charge in [0.2, 0.25) is 0 Å². The van der Waals surface area contributed by atoms with Crippen LogP contribution in [-0.4, -0.2) is 16.3 Å². The fourth-order valence-corrected chi connectivity index (χ4v) is 2.60. The fourth-order valence-electron chi connectivity index (χ4n) is 2.60. The van der Waals surface area contributed by atoms with E-state index in [0.29, 0.717) is 11.4 Å². The van der Waals surface area contributed by atoms with Crippen LogP contribution in [0.25, 0.3) is 11.3 Å². The molecule has 6 heteroatoms. The largest absolute Gasteiger partial charge is 0.441 e. The molecule has 1 heterocycles. The lowest BCUT2D eigenvalue weighted by molar-refractivity contribution is 0.121. The van der Waals surface area contributed by atoms with Gasteiger partial charge in [0.25, 0.3) is 5.56 Å². The van der Waals surface area contributed by atoms with Crippen molar-refractivity contribution in [3.05, 3.63) is 82.1 Å². The van der Waals surface area contributed by atoms with Crippen LogP contribution in [0.4, 0.5) is 10.5 Å². The lowest BCUT2D eigenvalue weighted by Crippen LogP contribution is -2.16. The summed E-state index contributed by atoms with van der Waals surface area (Å²) in [6, 6.07) is 18.2. The van der Waals surface area contributed by atoms with Gasteiger partial charge in [-0.1, -0.05) is 42.5 Å². The van der Waals surface area contributed by atoms with E-state index < -0.39 is 6.09 Å². The quantitative estimate of drug-likeness (QED) is 0.744. The van der Waals surface area contributed by atoms with E-state index in [9.17, 15) is 9.59 Å². The highest BCUT2D eigenvalue weighted by molar-refractivity contribution is 5.85. The van der Waals surface area contributed by atoms with Gasteiger partial charge in [-0.15, -0.1) is 0 Å². The molecule has 1 amide bonds. The van der Waals surface area contributed by atoms with Gasteiger partial charge >= 0.3 is 6.09 Å². The molecule has 3 aromatic rings. The highest BCUT2D eigenvalue weighted by Gasteiger charge is 2.12. The van der Waals surface area contributed by atoms with Crippen LogP contribution >= 0.6 is 0 Å². The SMILES string of the molecule is Cc1cc(=O)[nH]nc1-c1ccc(NC(=O)OC(C)c2ccccc2)cc1. The summed E-state index contributed by atoms with van der Waals surface area (Å²) in [7, 11) is 0. The lowest BCUT2D eigenvalue weighted by Gasteiger charge is -2.14. The Morgan fingerprint density at radius 1 is 1.12 bits per heavy atom. The number of carbonyl (C=O) groups excluding carboxylic acids is 1. The molecule has 1 atom stereocenters. The van der Waals surface area contributed by atoms with Crippen LogP contribution < -0.4 is 10.9 Å². The molecule has 0 saturated carbocycles. The fraction of sp³-hybridized carbons (Fsp3) is 0.150. The second-order valence-electron chi connectivity index (χ2n) is 5.92. The Morgan fingerprint density at radius 3 is 2.46 bits per heavy atom. The van der Waals surface area contributed by atoms with Crippen LogP contribution in [0.1, 0.15) is 24.2 Å². The molecule has 0 bridgehead atoms. The van der Waals surface area contributed by atoms with Gasteiger partial charge in [0.15, 0.2) is 0 Å². The average molecular weight is 349 g/mol. The maximum atomic E-state index is 12.1. The van der Waals surface area contributed by atoms with Crippen molar-refractivity contribution in [1.29, 1.82) is 0 Å². The topological polar surface area (TPSA) is 84.1 Å². The number of ether oxygens (including phenoxy) is 1. The molecule has 3 rings (SSSR count). The summed E-state index contributed by atoms with van der Waals surface area (Å²) < 4.78 is 5.39. The molecule has 0 fully saturated rings. The number of nitrogens with zero attached hydrogens (tertiary/aromatic N) is 1. The van der Waals surface area contributed by atoms with Crippen LogP contribution in [0.3, 0.4) is 0 Å². The van der Waals surface area contributed by atoms with Gasteiger partial charge in [-0.2, -0.15) is 5.10 Å². The summed E-state index contributed by atoms with van der Waals surface area (Å²) in [5.41, 5.74) is 3.62. The van der Waals surface area contributed by atoms with Crippen molar-refractivity contribution >= 4 is 11.8 Å². The minimum absolute atomic E-state index is 0.236. The van der Waals surface area contributed by atoms with E-state index in [1.807, 2.05) is 56.3 Å². The van der Waals surface area contributed by atoms with Crippen molar-refractivity contribution < 1.29 is 9.53 Å². The predicted molar refractivity (Wildman–Crippen MR) is 100.0 cm³/mol. The van der Waals surface area contributed by atoms with E-state index in [1.165, 1.54) is 6.07 Å². The highest BCUT2D eigenvalue weighted by atomic mass is 16.6. The van der Waals surface area contributed by atoms with Gasteiger partial charge in [0.05, 0.1) is 5.69 Å². The number of hydrogen-bond donors (Lipinski definition) is 2. The number of aromatic amines is 1.